The van der Waals surface area contributed by atoms with Crippen LogP contribution in [0.1, 0.15) is 82.6 Å². The third-order valence-corrected chi connectivity index (χ3v) is 15.4. The Hall–Kier alpha value is -6.17. The summed E-state index contributed by atoms with van der Waals surface area (Å²) in [6.45, 7) is 13.8. The van der Waals surface area contributed by atoms with Crippen molar-refractivity contribution in [2.75, 3.05) is 61.5 Å². The number of nitrogens with one attached hydrogen (secondary N) is 2. The lowest BCUT2D eigenvalue weighted by Gasteiger charge is -2.31. The van der Waals surface area contributed by atoms with Crippen LogP contribution in [0.2, 0.25) is 0 Å². The average molecular weight is 953 g/mol. The second-order valence-corrected chi connectivity index (χ2v) is 21.2. The first-order valence-corrected chi connectivity index (χ1v) is 25.7. The van der Waals surface area contributed by atoms with Crippen LogP contribution < -0.4 is 15.5 Å². The Morgan fingerprint density at radius 3 is 1.64 bits per heavy atom. The number of fused-ring (bicyclic) bond motifs is 1. The van der Waals surface area contributed by atoms with Gasteiger partial charge < -0.3 is 29.9 Å². The van der Waals surface area contributed by atoms with E-state index in [1.807, 2.05) is 83.1 Å². The number of amides is 3. The molecule has 0 atom stereocenters. The molecule has 0 radical (unpaired) electrons. The number of unbranched alkanes of at least 4 members (excludes halogenated alkanes) is 2. The number of nitrogens with zero attached hydrogens (tertiary/aromatic N) is 4. The quantitative estimate of drug-likeness (QED) is 0.132. The second kappa shape index (κ2) is 20.8. The van der Waals surface area contributed by atoms with E-state index in [1.54, 1.807) is 59.5 Å². The zero-order chi connectivity index (χ0) is 47.9. The predicted octanol–water partition coefficient (Wildman–Crippen LogP) is 8.01. The van der Waals surface area contributed by atoms with Crippen molar-refractivity contribution in [1.82, 2.24) is 13.5 Å². The van der Waals surface area contributed by atoms with Gasteiger partial charge in [-0.3, -0.25) is 9.59 Å². The van der Waals surface area contributed by atoms with Crippen molar-refractivity contribution in [3.8, 4) is 0 Å². The fourth-order valence-electron chi connectivity index (χ4n) is 8.15. The minimum atomic E-state index is -3.98. The fourth-order valence-corrected chi connectivity index (χ4v) is 11.6. The molecule has 3 amide bonds. The van der Waals surface area contributed by atoms with Gasteiger partial charge >= 0.3 is 6.09 Å². The summed E-state index contributed by atoms with van der Waals surface area (Å²) in [5, 5.41) is 6.22. The highest BCUT2D eigenvalue weighted by Gasteiger charge is 2.45. The standard InChI is InChI=1S/C27H33N3O5S.C23H27N3O4S/c1-5-6-15-30-25(31)23(24(36(30,33)34)19-10-8-7-9-11-19)28-22-13-12-21-18-29(16-14-20(21)17-22)26(32)35-27(2,3)4;1-2-3-13-26-23(27)21(22(31(26,28)29)18-7-5-4-6-8-18)24-19-9-11-20(12-10-19)25-14-16-30-17-15-25/h7-13,17,28H,5-6,14-16,18H2,1-4H3;4-12,24H,2-3,13-17H2,1H3. The Kier molecular flexibility index (Phi) is 15.1. The summed E-state index contributed by atoms with van der Waals surface area (Å²) in [6, 6.07) is 30.8. The first-order chi connectivity index (χ1) is 32.0. The number of carbonyl (C=O) groups is 3. The van der Waals surface area contributed by atoms with Crippen molar-refractivity contribution in [3.63, 3.8) is 0 Å². The number of ether oxygens (including phenoxy) is 2. The number of anilines is 3. The molecule has 0 saturated carbocycles. The molecule has 0 aliphatic carbocycles. The van der Waals surface area contributed by atoms with Gasteiger partial charge in [-0.1, -0.05) is 93.4 Å². The molecule has 0 unspecified atom stereocenters. The van der Waals surface area contributed by atoms with E-state index in [1.165, 1.54) is 0 Å². The number of rotatable bonds is 13. The van der Waals surface area contributed by atoms with E-state index in [2.05, 4.69) is 15.5 Å². The van der Waals surface area contributed by atoms with Crippen molar-refractivity contribution >= 4 is 64.8 Å². The zero-order valence-corrected chi connectivity index (χ0v) is 40.4. The Morgan fingerprint density at radius 1 is 0.657 bits per heavy atom. The van der Waals surface area contributed by atoms with Gasteiger partial charge in [0.05, 0.1) is 13.2 Å². The van der Waals surface area contributed by atoms with E-state index in [-0.39, 0.29) is 40.4 Å². The maximum absolute atomic E-state index is 13.4. The lowest BCUT2D eigenvalue weighted by Crippen LogP contribution is -2.39. The Balaban J connectivity index is 0.000000201. The van der Waals surface area contributed by atoms with Crippen molar-refractivity contribution in [3.05, 3.63) is 137 Å². The molecule has 4 aliphatic rings. The highest BCUT2D eigenvalue weighted by Crippen LogP contribution is 2.38. The van der Waals surface area contributed by atoms with Crippen molar-refractivity contribution < 1.29 is 40.7 Å². The highest BCUT2D eigenvalue weighted by atomic mass is 32.2. The molecular weight excluding hydrogens is 893 g/mol. The lowest BCUT2D eigenvalue weighted by molar-refractivity contribution is -0.122. The van der Waals surface area contributed by atoms with Crippen molar-refractivity contribution in [2.24, 2.45) is 0 Å². The number of morpholine rings is 1. The van der Waals surface area contributed by atoms with Crippen LogP contribution in [0.15, 0.2) is 115 Å². The van der Waals surface area contributed by atoms with Gasteiger partial charge in [0, 0.05) is 56.3 Å². The maximum atomic E-state index is 13.4. The van der Waals surface area contributed by atoms with E-state index in [0.717, 1.165) is 51.4 Å². The molecule has 4 aromatic rings. The lowest BCUT2D eigenvalue weighted by atomic mass is 9.99. The molecular formula is C50H60N6O9S2. The van der Waals surface area contributed by atoms with E-state index in [4.69, 9.17) is 9.47 Å². The Bertz CT molecular complexity index is 2730. The zero-order valence-electron chi connectivity index (χ0n) is 38.8. The van der Waals surface area contributed by atoms with Gasteiger partial charge in [0.15, 0.2) is 0 Å². The van der Waals surface area contributed by atoms with Gasteiger partial charge in [0.25, 0.3) is 31.9 Å². The summed E-state index contributed by atoms with van der Waals surface area (Å²) in [5.74, 6) is -1.05. The predicted molar refractivity (Wildman–Crippen MR) is 261 cm³/mol. The van der Waals surface area contributed by atoms with Crippen LogP contribution in [0, 0.1) is 0 Å². The number of hydrogen-bond acceptors (Lipinski definition) is 12. The van der Waals surface area contributed by atoms with Crippen LogP contribution in [0.4, 0.5) is 21.9 Å². The van der Waals surface area contributed by atoms with Gasteiger partial charge in [-0.15, -0.1) is 0 Å². The number of benzene rings is 4. The molecule has 0 bridgehead atoms. The van der Waals surface area contributed by atoms with Crippen LogP contribution in [-0.2, 0) is 52.1 Å². The summed E-state index contributed by atoms with van der Waals surface area (Å²) in [6.07, 6.45) is 3.06. The van der Waals surface area contributed by atoms with Gasteiger partial charge in [-0.05, 0) is 98.7 Å². The Morgan fingerprint density at radius 2 is 1.15 bits per heavy atom. The van der Waals surface area contributed by atoms with Crippen LogP contribution >= 0.6 is 0 Å². The molecule has 4 aromatic carbocycles. The minimum absolute atomic E-state index is 0.00183. The average Bonchev–Trinajstić information content (AvgIpc) is 3.62. The monoisotopic (exact) mass is 952 g/mol. The van der Waals surface area contributed by atoms with Gasteiger partial charge in [0.1, 0.15) is 26.8 Å². The van der Waals surface area contributed by atoms with E-state index in [0.29, 0.717) is 68.1 Å². The highest BCUT2D eigenvalue weighted by molar-refractivity contribution is 8.00. The molecule has 17 heteroatoms. The number of hydrogen-bond donors (Lipinski definition) is 2. The third-order valence-electron chi connectivity index (χ3n) is 11.6. The SMILES string of the molecule is CCCCN1C(=O)C(Nc2ccc(N3CCOCC3)cc2)=C(c2ccccc2)S1(=O)=O.CCCCN1C(=O)C(Nc2ccc3c(c2)CCN(C(=O)OC(C)(C)C)C3)=C(c2ccccc2)S1(=O)=O. The smallest absolute Gasteiger partial charge is 0.410 e. The molecule has 2 N–H and O–H groups in total. The largest absolute Gasteiger partial charge is 0.444 e. The minimum Gasteiger partial charge on any atom is -0.444 e. The maximum Gasteiger partial charge on any atom is 0.410 e. The molecule has 1 fully saturated rings. The van der Waals surface area contributed by atoms with E-state index in [9.17, 15) is 31.2 Å². The van der Waals surface area contributed by atoms with E-state index >= 15 is 0 Å². The fraction of sp³-hybridized carbons (Fsp3) is 0.380. The van der Waals surface area contributed by atoms with Crippen molar-refractivity contribution in [2.45, 2.75) is 78.9 Å². The first kappa shape index (κ1) is 48.8. The van der Waals surface area contributed by atoms with Crippen LogP contribution in [0.25, 0.3) is 9.81 Å². The number of carbonyl (C=O) groups excluding carboxylic acids is 3. The summed E-state index contributed by atoms with van der Waals surface area (Å²) in [5.41, 5.74) is 4.97. The molecule has 67 heavy (non-hydrogen) atoms. The molecule has 0 spiro atoms. The first-order valence-electron chi connectivity index (χ1n) is 22.8. The second-order valence-electron chi connectivity index (χ2n) is 17.6. The third kappa shape index (κ3) is 11.0. The van der Waals surface area contributed by atoms with Gasteiger partial charge in [0.2, 0.25) is 0 Å². The molecule has 15 nitrogen and oxygen atoms in total. The molecule has 4 aliphatic heterocycles. The molecule has 4 heterocycles. The van der Waals surface area contributed by atoms with Gasteiger partial charge in [-0.2, -0.15) is 0 Å². The van der Waals surface area contributed by atoms with Crippen LogP contribution in [-0.4, -0.2) is 99.8 Å². The summed E-state index contributed by atoms with van der Waals surface area (Å²) in [4.78, 5) is 42.9. The molecule has 0 aromatic heterocycles. The van der Waals surface area contributed by atoms with Crippen LogP contribution in [0.3, 0.4) is 0 Å². The normalized spacial score (nSPS) is 17.9. The van der Waals surface area contributed by atoms with Crippen LogP contribution in [0.5, 0.6) is 0 Å². The van der Waals surface area contributed by atoms with Gasteiger partial charge in [-0.25, -0.2) is 30.2 Å². The Labute approximate surface area is 394 Å². The molecule has 1 saturated heterocycles. The summed E-state index contributed by atoms with van der Waals surface area (Å²) >= 11 is 0. The summed E-state index contributed by atoms with van der Waals surface area (Å²) in [7, 11) is -7.90. The van der Waals surface area contributed by atoms with E-state index < -0.39 is 37.5 Å². The molecule has 356 valence electrons. The molecule has 8 rings (SSSR count). The topological polar surface area (TPSA) is 175 Å². The number of sulfonamides is 2. The van der Waals surface area contributed by atoms with Crippen molar-refractivity contribution in [1.29, 1.82) is 0 Å². The summed E-state index contributed by atoms with van der Waals surface area (Å²) < 4.78 is 66.2.